The molecule has 0 unspecified atom stereocenters. The smallest absolute Gasteiger partial charge is 0.140 e. The Morgan fingerprint density at radius 3 is 2.22 bits per heavy atom. The maximum atomic E-state index is 12.4. The van der Waals surface area contributed by atoms with Gasteiger partial charge in [0.25, 0.3) is 0 Å². The average Bonchev–Trinajstić information content (AvgIpc) is 2.34. The predicted octanol–water partition coefficient (Wildman–Crippen LogP) is 3.49. The molecule has 0 aromatic heterocycles. The highest BCUT2D eigenvalue weighted by Crippen LogP contribution is 2.56. The van der Waals surface area contributed by atoms with E-state index in [1.54, 1.807) is 6.92 Å². The number of rotatable bonds is 3. The van der Waals surface area contributed by atoms with Crippen molar-refractivity contribution in [1.29, 1.82) is 5.26 Å². The number of hydrogen-bond acceptors (Lipinski definition) is 2. The van der Waals surface area contributed by atoms with Crippen LogP contribution in [0.25, 0.3) is 0 Å². The lowest BCUT2D eigenvalue weighted by Gasteiger charge is -2.53. The Morgan fingerprint density at radius 1 is 1.17 bits per heavy atom. The lowest BCUT2D eigenvalue weighted by atomic mass is 9.51. The molecule has 0 N–H and O–H groups in total. The lowest BCUT2D eigenvalue weighted by molar-refractivity contribution is -0.134. The Labute approximate surface area is 109 Å². The molecule has 18 heavy (non-hydrogen) atoms. The van der Waals surface area contributed by atoms with Gasteiger partial charge in [0.15, 0.2) is 0 Å². The summed E-state index contributed by atoms with van der Waals surface area (Å²) in [6, 6.07) is 2.10. The summed E-state index contributed by atoms with van der Waals surface area (Å²) < 4.78 is 0. The summed E-state index contributed by atoms with van der Waals surface area (Å²) in [4.78, 5) is 12.4. The molecule has 96 valence electrons. The maximum absolute atomic E-state index is 12.4. The third-order valence-corrected chi connectivity index (χ3v) is 5.38. The van der Waals surface area contributed by atoms with Crippen LogP contribution < -0.4 is 0 Å². The van der Waals surface area contributed by atoms with Crippen LogP contribution in [0.4, 0.5) is 0 Å². The molecule has 0 amide bonds. The zero-order valence-electron chi connectivity index (χ0n) is 11.1. The van der Waals surface area contributed by atoms with Crippen LogP contribution in [0.3, 0.4) is 0 Å². The van der Waals surface area contributed by atoms with Crippen molar-refractivity contribution in [2.24, 2.45) is 29.6 Å². The second-order valence-electron chi connectivity index (χ2n) is 6.63. The van der Waals surface area contributed by atoms with Gasteiger partial charge in [0.2, 0.25) is 0 Å². The molecule has 0 saturated heterocycles. The van der Waals surface area contributed by atoms with E-state index in [1.807, 2.05) is 6.08 Å². The van der Waals surface area contributed by atoms with Gasteiger partial charge >= 0.3 is 0 Å². The monoisotopic (exact) mass is 243 g/mol. The molecule has 0 aromatic rings. The summed E-state index contributed by atoms with van der Waals surface area (Å²) in [6.07, 6.45) is 8.91. The summed E-state index contributed by atoms with van der Waals surface area (Å²) in [7, 11) is 0. The quantitative estimate of drug-likeness (QED) is 0.712. The van der Waals surface area contributed by atoms with E-state index in [-0.39, 0.29) is 0 Å². The largest absolute Gasteiger partial charge is 0.299 e. The minimum Gasteiger partial charge on any atom is -0.299 e. The fraction of sp³-hybridized carbons (Fsp3) is 0.750. The van der Waals surface area contributed by atoms with Crippen molar-refractivity contribution in [2.45, 2.75) is 45.4 Å². The molecule has 2 heteroatoms. The molecule has 4 saturated carbocycles. The summed E-state index contributed by atoms with van der Waals surface area (Å²) in [6.45, 7) is 1.78. The standard InChI is InChI=1S/C16H21NO/c1-10(9-17)2-3-15(18)16-13-5-11-4-12(7-13)8-14(16)6-11/h2,11-14,16H,3-8H2,1H3/b10-2+. The first-order valence-electron chi connectivity index (χ1n) is 7.27. The number of allylic oxidation sites excluding steroid dienone is 2. The Hall–Kier alpha value is -1.10. The van der Waals surface area contributed by atoms with Gasteiger partial charge in [-0.25, -0.2) is 0 Å². The maximum Gasteiger partial charge on any atom is 0.140 e. The number of ketones is 1. The molecular weight excluding hydrogens is 222 g/mol. The summed E-state index contributed by atoms with van der Waals surface area (Å²) in [5.41, 5.74) is 0.673. The number of carbonyl (C=O) groups excluding carboxylic acids is 1. The minimum absolute atomic E-state index is 0.320. The number of carbonyl (C=O) groups is 1. The van der Waals surface area contributed by atoms with E-state index in [4.69, 9.17) is 5.26 Å². The van der Waals surface area contributed by atoms with Gasteiger partial charge < -0.3 is 0 Å². The van der Waals surface area contributed by atoms with Crippen molar-refractivity contribution < 1.29 is 4.79 Å². The summed E-state index contributed by atoms with van der Waals surface area (Å²) in [5.74, 6) is 3.91. The van der Waals surface area contributed by atoms with Crippen molar-refractivity contribution >= 4 is 5.78 Å². The SMILES string of the molecule is C/C(C#N)=C\CC(=O)C1C2CC3CC(C2)CC1C3. The number of hydrogen-bond donors (Lipinski definition) is 0. The highest BCUT2D eigenvalue weighted by Gasteiger charge is 2.50. The molecule has 0 radical (unpaired) electrons. The van der Waals surface area contributed by atoms with Crippen LogP contribution in [0, 0.1) is 40.9 Å². The highest BCUT2D eigenvalue weighted by molar-refractivity contribution is 5.83. The van der Waals surface area contributed by atoms with Crippen molar-refractivity contribution in [2.75, 3.05) is 0 Å². The van der Waals surface area contributed by atoms with E-state index in [1.165, 1.54) is 32.1 Å². The van der Waals surface area contributed by atoms with Gasteiger partial charge in [-0.05, 0) is 62.7 Å². The second-order valence-corrected chi connectivity index (χ2v) is 6.63. The first-order chi connectivity index (χ1) is 8.67. The van der Waals surface area contributed by atoms with E-state index in [2.05, 4.69) is 6.07 Å². The highest BCUT2D eigenvalue weighted by atomic mass is 16.1. The number of nitriles is 1. The Bertz CT molecular complexity index is 401. The summed E-state index contributed by atoms with van der Waals surface area (Å²) >= 11 is 0. The summed E-state index contributed by atoms with van der Waals surface area (Å²) in [5, 5.41) is 8.73. The molecule has 4 fully saturated rings. The van der Waals surface area contributed by atoms with Gasteiger partial charge in [-0.3, -0.25) is 4.79 Å². The molecule has 4 aliphatic rings. The third-order valence-electron chi connectivity index (χ3n) is 5.38. The van der Waals surface area contributed by atoms with Gasteiger partial charge in [0.1, 0.15) is 5.78 Å². The Balaban J connectivity index is 1.70. The fourth-order valence-electron chi connectivity index (χ4n) is 4.89. The molecular formula is C16H21NO. The first kappa shape index (κ1) is 12.0. The molecule has 0 aliphatic heterocycles. The minimum atomic E-state index is 0.320. The Kier molecular flexibility index (Phi) is 3.01. The van der Waals surface area contributed by atoms with Gasteiger partial charge in [-0.2, -0.15) is 5.26 Å². The predicted molar refractivity (Wildman–Crippen MR) is 69.5 cm³/mol. The van der Waals surface area contributed by atoms with E-state index in [0.717, 1.165) is 11.8 Å². The lowest BCUT2D eigenvalue weighted by Crippen LogP contribution is -2.47. The Morgan fingerprint density at radius 2 is 1.72 bits per heavy atom. The topological polar surface area (TPSA) is 40.9 Å². The first-order valence-corrected chi connectivity index (χ1v) is 7.27. The van der Waals surface area contributed by atoms with Gasteiger partial charge in [-0.1, -0.05) is 6.08 Å². The molecule has 0 heterocycles. The van der Waals surface area contributed by atoms with Gasteiger partial charge in [0, 0.05) is 17.9 Å². The fourth-order valence-corrected chi connectivity index (χ4v) is 4.89. The van der Waals surface area contributed by atoms with Crippen LogP contribution >= 0.6 is 0 Å². The molecule has 2 nitrogen and oxygen atoms in total. The molecule has 4 aliphatic carbocycles. The van der Waals surface area contributed by atoms with Crippen LogP contribution in [0.1, 0.15) is 45.4 Å². The van der Waals surface area contributed by atoms with Crippen LogP contribution in [0.2, 0.25) is 0 Å². The zero-order valence-corrected chi connectivity index (χ0v) is 11.1. The zero-order chi connectivity index (χ0) is 12.7. The average molecular weight is 243 g/mol. The van der Waals surface area contributed by atoms with Crippen molar-refractivity contribution in [3.8, 4) is 6.07 Å². The van der Waals surface area contributed by atoms with Crippen molar-refractivity contribution in [1.82, 2.24) is 0 Å². The molecule has 0 atom stereocenters. The normalized spacial score (nSPS) is 41.8. The van der Waals surface area contributed by atoms with Crippen molar-refractivity contribution in [3.63, 3.8) is 0 Å². The van der Waals surface area contributed by atoms with E-state index >= 15 is 0 Å². The van der Waals surface area contributed by atoms with Gasteiger partial charge in [-0.15, -0.1) is 0 Å². The molecule has 4 rings (SSSR count). The van der Waals surface area contributed by atoms with Crippen LogP contribution in [-0.4, -0.2) is 5.78 Å². The number of nitrogens with zero attached hydrogens (tertiary/aromatic N) is 1. The molecule has 4 bridgehead atoms. The third kappa shape index (κ3) is 2.00. The van der Waals surface area contributed by atoms with E-state index < -0.39 is 0 Å². The van der Waals surface area contributed by atoms with Crippen LogP contribution in [-0.2, 0) is 4.79 Å². The molecule has 0 spiro atoms. The van der Waals surface area contributed by atoms with E-state index in [9.17, 15) is 4.79 Å². The van der Waals surface area contributed by atoms with E-state index in [0.29, 0.717) is 35.5 Å². The van der Waals surface area contributed by atoms with Crippen molar-refractivity contribution in [3.05, 3.63) is 11.6 Å². The van der Waals surface area contributed by atoms with Gasteiger partial charge in [0.05, 0.1) is 6.07 Å². The second kappa shape index (κ2) is 4.53. The molecule has 0 aromatic carbocycles. The van der Waals surface area contributed by atoms with Crippen LogP contribution in [0.15, 0.2) is 11.6 Å². The van der Waals surface area contributed by atoms with Crippen LogP contribution in [0.5, 0.6) is 0 Å². The number of Topliss-reactive ketones (excluding diaryl/α,β-unsaturated/α-hetero) is 1.